The van der Waals surface area contributed by atoms with E-state index in [9.17, 15) is 13.2 Å². The lowest BCUT2D eigenvalue weighted by atomic mass is 9.93. The van der Waals surface area contributed by atoms with Gasteiger partial charge in [0.2, 0.25) is 10.0 Å². The molecule has 144 valence electrons. The second-order valence-corrected chi connectivity index (χ2v) is 9.72. The summed E-state index contributed by atoms with van der Waals surface area (Å²) in [5, 5.41) is 2.91. The fraction of sp³-hybridized carbons (Fsp3) is 0.381. The molecule has 0 aliphatic carbocycles. The van der Waals surface area contributed by atoms with Crippen molar-refractivity contribution in [3.05, 3.63) is 64.7 Å². The minimum Gasteiger partial charge on any atom is -0.348 e. The van der Waals surface area contributed by atoms with E-state index in [1.165, 1.54) is 4.31 Å². The Morgan fingerprint density at radius 1 is 1.15 bits per heavy atom. The Hall–Kier alpha value is -2.18. The highest BCUT2D eigenvalue weighted by Gasteiger charge is 2.45. The Balaban J connectivity index is 1.84. The van der Waals surface area contributed by atoms with Crippen LogP contribution in [0.15, 0.2) is 47.4 Å². The van der Waals surface area contributed by atoms with Crippen molar-refractivity contribution in [3.8, 4) is 0 Å². The third-order valence-corrected chi connectivity index (χ3v) is 7.48. The smallest absolute Gasteiger partial charge is 0.251 e. The van der Waals surface area contributed by atoms with Gasteiger partial charge in [-0.25, -0.2) is 8.42 Å². The van der Waals surface area contributed by atoms with Gasteiger partial charge in [-0.3, -0.25) is 4.79 Å². The SMILES string of the molecule is CC(C)c1ccccc1C(=O)NCc1ccc2c(c1)S(=O)(=O)N(C)C2(C)C. The maximum Gasteiger partial charge on any atom is 0.251 e. The van der Waals surface area contributed by atoms with Crippen molar-refractivity contribution >= 4 is 15.9 Å². The Morgan fingerprint density at radius 2 is 1.81 bits per heavy atom. The predicted molar refractivity (Wildman–Crippen MR) is 106 cm³/mol. The van der Waals surface area contributed by atoms with Crippen LogP contribution in [0.1, 0.15) is 60.7 Å². The Kier molecular flexibility index (Phi) is 4.91. The van der Waals surface area contributed by atoms with Crippen LogP contribution in [-0.4, -0.2) is 25.7 Å². The molecule has 2 aromatic rings. The third-order valence-electron chi connectivity index (χ3n) is 5.41. The molecule has 0 aromatic heterocycles. The lowest BCUT2D eigenvalue weighted by Crippen LogP contribution is -2.35. The molecule has 1 heterocycles. The number of carbonyl (C=O) groups is 1. The van der Waals surface area contributed by atoms with Crippen LogP contribution in [0, 0.1) is 0 Å². The molecule has 0 fully saturated rings. The molecule has 0 radical (unpaired) electrons. The Bertz CT molecular complexity index is 994. The molecule has 6 heteroatoms. The minimum absolute atomic E-state index is 0.153. The van der Waals surface area contributed by atoms with Crippen molar-refractivity contribution in [1.82, 2.24) is 9.62 Å². The molecule has 3 rings (SSSR count). The number of carbonyl (C=O) groups excluding carboxylic acids is 1. The van der Waals surface area contributed by atoms with Gasteiger partial charge in [0.05, 0.1) is 10.4 Å². The molecule has 2 aromatic carbocycles. The summed E-state index contributed by atoms with van der Waals surface area (Å²) in [5.74, 6) is 0.0926. The number of sulfonamides is 1. The summed E-state index contributed by atoms with van der Waals surface area (Å²) >= 11 is 0. The first-order valence-electron chi connectivity index (χ1n) is 9.06. The number of fused-ring (bicyclic) bond motifs is 1. The summed E-state index contributed by atoms with van der Waals surface area (Å²) in [5.41, 5.74) is 2.62. The number of hydrogen-bond donors (Lipinski definition) is 1. The Morgan fingerprint density at radius 3 is 2.48 bits per heavy atom. The predicted octanol–water partition coefficient (Wildman–Crippen LogP) is 3.61. The van der Waals surface area contributed by atoms with Crippen LogP contribution in [0.2, 0.25) is 0 Å². The van der Waals surface area contributed by atoms with E-state index in [0.29, 0.717) is 10.5 Å². The fourth-order valence-corrected chi connectivity index (χ4v) is 5.39. The van der Waals surface area contributed by atoms with Crippen LogP contribution in [0.5, 0.6) is 0 Å². The van der Waals surface area contributed by atoms with E-state index in [1.54, 1.807) is 13.1 Å². The molecule has 0 unspecified atom stereocenters. The number of rotatable bonds is 4. The molecular weight excluding hydrogens is 360 g/mol. The molecule has 1 N–H and O–H groups in total. The molecular formula is C21H26N2O3S. The van der Waals surface area contributed by atoms with Crippen LogP contribution in [0.4, 0.5) is 0 Å². The second kappa shape index (κ2) is 6.77. The van der Waals surface area contributed by atoms with Gasteiger partial charge in [0.15, 0.2) is 0 Å². The lowest BCUT2D eigenvalue weighted by molar-refractivity contribution is 0.0949. The van der Waals surface area contributed by atoms with Gasteiger partial charge < -0.3 is 5.32 Å². The summed E-state index contributed by atoms with van der Waals surface area (Å²) in [6.07, 6.45) is 0. The van der Waals surface area contributed by atoms with Gasteiger partial charge in [-0.1, -0.05) is 44.2 Å². The zero-order valence-electron chi connectivity index (χ0n) is 16.4. The molecule has 0 bridgehead atoms. The van der Waals surface area contributed by atoms with Gasteiger partial charge >= 0.3 is 0 Å². The van der Waals surface area contributed by atoms with Crippen molar-refractivity contribution in [3.63, 3.8) is 0 Å². The average Bonchev–Trinajstić information content (AvgIpc) is 2.77. The molecule has 1 aliphatic heterocycles. The number of hydrogen-bond acceptors (Lipinski definition) is 3. The molecule has 5 nitrogen and oxygen atoms in total. The highest BCUT2D eigenvalue weighted by Crippen LogP contribution is 2.42. The summed E-state index contributed by atoms with van der Waals surface area (Å²) in [4.78, 5) is 12.9. The first-order chi connectivity index (χ1) is 12.6. The largest absolute Gasteiger partial charge is 0.348 e. The second-order valence-electron chi connectivity index (χ2n) is 7.79. The van der Waals surface area contributed by atoms with Gasteiger partial charge in [-0.05, 0) is 48.6 Å². The van der Waals surface area contributed by atoms with E-state index >= 15 is 0 Å². The minimum atomic E-state index is -3.50. The van der Waals surface area contributed by atoms with Crippen LogP contribution in [0.3, 0.4) is 0 Å². The van der Waals surface area contributed by atoms with Gasteiger partial charge in [0.25, 0.3) is 5.91 Å². The first kappa shape index (κ1) is 19.6. The van der Waals surface area contributed by atoms with Gasteiger partial charge in [0.1, 0.15) is 0 Å². The first-order valence-corrected chi connectivity index (χ1v) is 10.5. The molecule has 0 atom stereocenters. The number of nitrogens with zero attached hydrogens (tertiary/aromatic N) is 1. The molecule has 1 aliphatic rings. The summed E-state index contributed by atoms with van der Waals surface area (Å²) in [6.45, 7) is 8.16. The van der Waals surface area contributed by atoms with E-state index in [2.05, 4.69) is 19.2 Å². The highest BCUT2D eigenvalue weighted by atomic mass is 32.2. The molecule has 1 amide bonds. The van der Waals surface area contributed by atoms with E-state index in [0.717, 1.165) is 16.7 Å². The lowest BCUT2D eigenvalue weighted by Gasteiger charge is -2.26. The van der Waals surface area contributed by atoms with Gasteiger partial charge in [-0.15, -0.1) is 0 Å². The van der Waals surface area contributed by atoms with Crippen LogP contribution in [-0.2, 0) is 22.1 Å². The van der Waals surface area contributed by atoms with Gasteiger partial charge in [0, 0.05) is 19.2 Å². The summed E-state index contributed by atoms with van der Waals surface area (Å²) < 4.78 is 26.7. The van der Waals surface area contributed by atoms with Crippen LogP contribution >= 0.6 is 0 Å². The number of amides is 1. The zero-order valence-corrected chi connectivity index (χ0v) is 17.2. The van der Waals surface area contributed by atoms with E-state index in [-0.39, 0.29) is 18.4 Å². The quantitative estimate of drug-likeness (QED) is 0.873. The standard InChI is InChI=1S/C21H26N2O3S/c1-14(2)16-8-6-7-9-17(16)20(24)22-13-15-10-11-18-19(12-15)27(25,26)23(5)21(18,3)4/h6-12,14H,13H2,1-5H3,(H,22,24). The molecule has 0 spiro atoms. The van der Waals surface area contributed by atoms with Crippen LogP contribution in [0.25, 0.3) is 0 Å². The van der Waals surface area contributed by atoms with E-state index < -0.39 is 15.6 Å². The number of benzene rings is 2. The van der Waals surface area contributed by atoms with Crippen molar-refractivity contribution < 1.29 is 13.2 Å². The highest BCUT2D eigenvalue weighted by molar-refractivity contribution is 7.89. The number of nitrogens with one attached hydrogen (secondary N) is 1. The zero-order chi connectivity index (χ0) is 20.0. The fourth-order valence-electron chi connectivity index (χ4n) is 3.50. The van der Waals surface area contributed by atoms with E-state index in [4.69, 9.17) is 0 Å². The van der Waals surface area contributed by atoms with Crippen molar-refractivity contribution in [1.29, 1.82) is 0 Å². The average molecular weight is 387 g/mol. The Labute approximate surface area is 161 Å². The third kappa shape index (κ3) is 3.28. The van der Waals surface area contributed by atoms with Crippen molar-refractivity contribution in [2.75, 3.05) is 7.05 Å². The maximum absolute atomic E-state index is 12.7. The summed E-state index contributed by atoms with van der Waals surface area (Å²) in [7, 11) is -1.91. The normalized spacial score (nSPS) is 17.7. The molecule has 27 heavy (non-hydrogen) atoms. The van der Waals surface area contributed by atoms with Crippen molar-refractivity contribution in [2.24, 2.45) is 0 Å². The van der Waals surface area contributed by atoms with Crippen molar-refractivity contribution in [2.45, 2.75) is 50.6 Å². The topological polar surface area (TPSA) is 66.5 Å². The molecule has 0 saturated heterocycles. The maximum atomic E-state index is 12.7. The summed E-state index contributed by atoms with van der Waals surface area (Å²) in [6, 6.07) is 12.9. The molecule has 0 saturated carbocycles. The van der Waals surface area contributed by atoms with E-state index in [1.807, 2.05) is 50.2 Å². The van der Waals surface area contributed by atoms with Gasteiger partial charge in [-0.2, -0.15) is 4.31 Å². The van der Waals surface area contributed by atoms with Crippen LogP contribution < -0.4 is 5.32 Å². The monoisotopic (exact) mass is 386 g/mol.